The highest BCUT2D eigenvalue weighted by molar-refractivity contribution is 5.94. The first-order chi connectivity index (χ1) is 10.7. The highest BCUT2D eigenvalue weighted by atomic mass is 15.3. The molecule has 2 fully saturated rings. The molecule has 3 nitrogen and oxygen atoms in total. The van der Waals surface area contributed by atoms with Crippen molar-refractivity contribution in [1.82, 2.24) is 4.57 Å². The van der Waals surface area contributed by atoms with Gasteiger partial charge in [0.25, 0.3) is 0 Å². The fourth-order valence-corrected chi connectivity index (χ4v) is 5.31. The minimum absolute atomic E-state index is 0.239. The summed E-state index contributed by atoms with van der Waals surface area (Å²) in [6.07, 6.45) is 6.50. The van der Waals surface area contributed by atoms with Crippen molar-refractivity contribution < 1.29 is 0 Å². The Morgan fingerprint density at radius 3 is 2.64 bits per heavy atom. The Balaban J connectivity index is 1.83. The Hall–Kier alpha value is -1.48. The third kappa shape index (κ3) is 1.41. The van der Waals surface area contributed by atoms with E-state index in [9.17, 15) is 0 Å². The molecule has 6 rings (SSSR count). The Kier molecular flexibility index (Phi) is 2.53. The molecule has 2 N–H and O–H groups in total. The summed E-state index contributed by atoms with van der Waals surface area (Å²) in [6.45, 7) is 3.26. The Labute approximate surface area is 132 Å². The van der Waals surface area contributed by atoms with E-state index < -0.39 is 0 Å². The average molecular weight is 295 g/mol. The monoisotopic (exact) mass is 295 g/mol. The minimum Gasteiger partial charge on any atom is -0.358 e. The highest BCUT2D eigenvalue weighted by Gasteiger charge is 2.41. The lowest BCUT2D eigenvalue weighted by molar-refractivity contribution is 0.254. The first kappa shape index (κ1) is 13.0. The van der Waals surface area contributed by atoms with E-state index >= 15 is 0 Å². The van der Waals surface area contributed by atoms with Crippen LogP contribution in [0.4, 0.5) is 5.82 Å². The van der Waals surface area contributed by atoms with E-state index in [0.29, 0.717) is 0 Å². The molecule has 3 aliphatic heterocycles. The molecule has 2 bridgehead atoms. The number of benzene rings is 1. The lowest BCUT2D eigenvalue weighted by Gasteiger charge is -2.42. The molecule has 0 atom stereocenters. The minimum atomic E-state index is 0.239. The predicted molar refractivity (Wildman–Crippen MR) is 91.7 cm³/mol. The standard InChI is InChI=1S/C19H25N3/c1-21-17-14(16-13-6-10-22(11-7-13)18(16)21)4-2-5-15(17)19(12-20)8-3-9-19/h2,4-5,13H,3,6-12,20H2,1H3. The van der Waals surface area contributed by atoms with Crippen LogP contribution >= 0.6 is 0 Å². The maximum atomic E-state index is 6.21. The third-order valence-corrected chi connectivity index (χ3v) is 6.70. The SMILES string of the molecule is Cn1c2c(c3cccc(C4(CN)CCC4)c31)C1CCN2CC1. The number of aromatic nitrogens is 1. The molecular weight excluding hydrogens is 270 g/mol. The van der Waals surface area contributed by atoms with Gasteiger partial charge in [-0.25, -0.2) is 0 Å². The number of fused-ring (bicyclic) bond motifs is 3. The number of nitrogens with two attached hydrogens (primary N) is 1. The zero-order valence-electron chi connectivity index (χ0n) is 13.4. The maximum absolute atomic E-state index is 6.21. The zero-order valence-corrected chi connectivity index (χ0v) is 13.4. The number of piperidine rings is 1. The summed E-state index contributed by atoms with van der Waals surface area (Å²) in [5, 5.41) is 1.50. The van der Waals surface area contributed by atoms with E-state index in [2.05, 4.69) is 34.7 Å². The molecule has 1 aromatic carbocycles. The van der Waals surface area contributed by atoms with E-state index in [0.717, 1.165) is 12.5 Å². The summed E-state index contributed by atoms with van der Waals surface area (Å²) in [7, 11) is 2.27. The highest BCUT2D eigenvalue weighted by Crippen LogP contribution is 2.51. The van der Waals surface area contributed by atoms with Crippen LogP contribution in [0.1, 0.15) is 49.1 Å². The fraction of sp³-hybridized carbons (Fsp3) is 0.579. The van der Waals surface area contributed by atoms with Gasteiger partial charge in [-0.3, -0.25) is 0 Å². The lowest BCUT2D eigenvalue weighted by Crippen LogP contribution is -2.42. The summed E-state index contributed by atoms with van der Waals surface area (Å²) in [6, 6.07) is 6.96. The van der Waals surface area contributed by atoms with Crippen LogP contribution in [0.15, 0.2) is 18.2 Å². The van der Waals surface area contributed by atoms with Gasteiger partial charge in [0.05, 0.1) is 5.52 Å². The van der Waals surface area contributed by atoms with Crippen molar-refractivity contribution in [3.8, 4) is 0 Å². The van der Waals surface area contributed by atoms with Gasteiger partial charge in [-0.05, 0) is 37.2 Å². The smallest absolute Gasteiger partial charge is 0.112 e. The molecule has 2 aromatic rings. The molecule has 0 spiro atoms. The van der Waals surface area contributed by atoms with Gasteiger partial charge in [0, 0.05) is 43.0 Å². The summed E-state index contributed by atoms with van der Waals surface area (Å²) in [5.41, 5.74) is 11.1. The second-order valence-corrected chi connectivity index (χ2v) is 7.60. The molecule has 1 aromatic heterocycles. The molecule has 3 heteroatoms. The van der Waals surface area contributed by atoms with Crippen LogP contribution in [0, 0.1) is 0 Å². The van der Waals surface area contributed by atoms with Gasteiger partial charge in [-0.1, -0.05) is 24.6 Å². The van der Waals surface area contributed by atoms with Crippen LogP contribution in [-0.4, -0.2) is 24.2 Å². The van der Waals surface area contributed by atoms with Gasteiger partial charge < -0.3 is 15.2 Å². The number of para-hydroxylation sites is 1. The molecule has 4 heterocycles. The zero-order chi connectivity index (χ0) is 14.9. The number of rotatable bonds is 2. The second-order valence-electron chi connectivity index (χ2n) is 7.60. The van der Waals surface area contributed by atoms with E-state index in [-0.39, 0.29) is 5.41 Å². The molecule has 0 radical (unpaired) electrons. The van der Waals surface area contributed by atoms with Crippen molar-refractivity contribution in [2.24, 2.45) is 12.8 Å². The quantitative estimate of drug-likeness (QED) is 0.923. The van der Waals surface area contributed by atoms with Crippen molar-refractivity contribution in [3.63, 3.8) is 0 Å². The van der Waals surface area contributed by atoms with Gasteiger partial charge in [-0.15, -0.1) is 0 Å². The molecule has 0 amide bonds. The number of anilines is 1. The largest absolute Gasteiger partial charge is 0.358 e. The number of hydrogen-bond donors (Lipinski definition) is 1. The summed E-state index contributed by atoms with van der Waals surface area (Å²) in [5.74, 6) is 2.27. The third-order valence-electron chi connectivity index (χ3n) is 6.70. The summed E-state index contributed by atoms with van der Waals surface area (Å²) >= 11 is 0. The lowest BCUT2D eigenvalue weighted by atomic mass is 9.64. The van der Waals surface area contributed by atoms with Crippen molar-refractivity contribution in [2.45, 2.75) is 43.4 Å². The van der Waals surface area contributed by atoms with Crippen molar-refractivity contribution in [3.05, 3.63) is 29.3 Å². The van der Waals surface area contributed by atoms with Gasteiger partial charge in [0.2, 0.25) is 0 Å². The van der Waals surface area contributed by atoms with E-state index in [1.54, 1.807) is 5.56 Å². The summed E-state index contributed by atoms with van der Waals surface area (Å²) in [4.78, 5) is 2.61. The molecule has 1 aliphatic carbocycles. The van der Waals surface area contributed by atoms with Crippen molar-refractivity contribution >= 4 is 16.7 Å². The molecule has 4 aliphatic rings. The molecule has 116 valence electrons. The van der Waals surface area contributed by atoms with Crippen molar-refractivity contribution in [1.29, 1.82) is 0 Å². The first-order valence-corrected chi connectivity index (χ1v) is 8.82. The van der Waals surface area contributed by atoms with E-state index in [4.69, 9.17) is 5.73 Å². The van der Waals surface area contributed by atoms with Crippen LogP contribution in [-0.2, 0) is 12.5 Å². The molecule has 22 heavy (non-hydrogen) atoms. The number of aryl methyl sites for hydroxylation is 1. The topological polar surface area (TPSA) is 34.2 Å². The number of hydrogen-bond acceptors (Lipinski definition) is 2. The second kappa shape index (κ2) is 4.29. The van der Waals surface area contributed by atoms with E-state index in [1.165, 1.54) is 67.5 Å². The Bertz CT molecular complexity index is 740. The van der Waals surface area contributed by atoms with Gasteiger partial charge >= 0.3 is 0 Å². The maximum Gasteiger partial charge on any atom is 0.112 e. The van der Waals surface area contributed by atoms with Crippen LogP contribution in [0.5, 0.6) is 0 Å². The predicted octanol–water partition coefficient (Wildman–Crippen LogP) is 3.26. The number of nitrogens with zero attached hydrogens (tertiary/aromatic N) is 2. The van der Waals surface area contributed by atoms with Crippen molar-refractivity contribution in [2.75, 3.05) is 24.5 Å². The molecular formula is C19H25N3. The normalized spacial score (nSPS) is 22.9. The average Bonchev–Trinajstić information content (AvgIpc) is 2.85. The van der Waals surface area contributed by atoms with Gasteiger partial charge in [0.1, 0.15) is 5.82 Å². The van der Waals surface area contributed by atoms with Gasteiger partial charge in [0.15, 0.2) is 0 Å². The fourth-order valence-electron chi connectivity index (χ4n) is 5.31. The molecule has 1 saturated carbocycles. The summed E-state index contributed by atoms with van der Waals surface area (Å²) < 4.78 is 2.49. The Morgan fingerprint density at radius 2 is 2.00 bits per heavy atom. The van der Waals surface area contributed by atoms with E-state index in [1.807, 2.05) is 0 Å². The van der Waals surface area contributed by atoms with Crippen LogP contribution in [0.2, 0.25) is 0 Å². The molecule has 1 saturated heterocycles. The molecule has 0 unspecified atom stereocenters. The van der Waals surface area contributed by atoms with Gasteiger partial charge in [-0.2, -0.15) is 0 Å². The first-order valence-electron chi connectivity index (χ1n) is 8.82. The van der Waals surface area contributed by atoms with Crippen LogP contribution in [0.3, 0.4) is 0 Å². The van der Waals surface area contributed by atoms with Crippen LogP contribution < -0.4 is 10.6 Å². The van der Waals surface area contributed by atoms with Crippen LogP contribution in [0.25, 0.3) is 10.9 Å². The Morgan fingerprint density at radius 1 is 1.23 bits per heavy atom.